The van der Waals surface area contributed by atoms with Crippen molar-refractivity contribution in [2.24, 2.45) is 0 Å². The Hall–Kier alpha value is -3.18. The molecule has 2 unspecified atom stereocenters. The Labute approximate surface area is 208 Å². The zero-order chi connectivity index (χ0) is 24.2. The molecule has 0 radical (unpaired) electrons. The lowest BCUT2D eigenvalue weighted by atomic mass is 9.86. The Kier molecular flexibility index (Phi) is 5.48. The Balaban J connectivity index is 1.67. The van der Waals surface area contributed by atoms with Crippen molar-refractivity contribution >= 4 is 34.3 Å². The molecule has 0 aliphatic carbocycles. The van der Waals surface area contributed by atoms with E-state index in [1.807, 2.05) is 18.3 Å². The predicted octanol–water partition coefficient (Wildman–Crippen LogP) is 6.51. The number of aryl methyl sites for hydroxylation is 2. The molecule has 0 bridgehead atoms. The first-order valence-electron chi connectivity index (χ1n) is 11.8. The van der Waals surface area contributed by atoms with Crippen molar-refractivity contribution in [1.82, 2.24) is 10.3 Å². The summed E-state index contributed by atoms with van der Waals surface area (Å²) >= 11 is 5.91. The summed E-state index contributed by atoms with van der Waals surface area (Å²) in [6.45, 7) is 11.0. The third-order valence-corrected chi connectivity index (χ3v) is 7.76. The summed E-state index contributed by atoms with van der Waals surface area (Å²) in [6, 6.07) is 19.5. The zero-order valence-corrected chi connectivity index (χ0v) is 21.6. The Bertz CT molecular complexity index is 1290. The number of aromatic nitrogens is 1. The summed E-state index contributed by atoms with van der Waals surface area (Å²) in [7, 11) is 2.17. The van der Waals surface area contributed by atoms with Gasteiger partial charge in [0.05, 0.1) is 23.3 Å². The number of pyridine rings is 1. The van der Waals surface area contributed by atoms with E-state index in [1.54, 1.807) is 0 Å². The molecule has 1 fully saturated rings. The van der Waals surface area contributed by atoms with Crippen molar-refractivity contribution in [2.45, 2.75) is 52.2 Å². The number of benzene rings is 2. The second-order valence-electron chi connectivity index (χ2n) is 10.1. The molecule has 3 aromatic rings. The van der Waals surface area contributed by atoms with Crippen LogP contribution in [-0.2, 0) is 0 Å². The van der Waals surface area contributed by atoms with Crippen LogP contribution >= 0.6 is 12.2 Å². The maximum atomic E-state index is 5.91. The lowest BCUT2D eigenvalue weighted by Crippen LogP contribution is -2.42. The highest BCUT2D eigenvalue weighted by molar-refractivity contribution is 7.80. The normalized spacial score (nSPS) is 21.2. The smallest absolute Gasteiger partial charge is 0.174 e. The molecule has 1 saturated heterocycles. The maximum absolute atomic E-state index is 5.91. The molecule has 0 saturated carbocycles. The van der Waals surface area contributed by atoms with Crippen LogP contribution < -0.4 is 15.1 Å². The van der Waals surface area contributed by atoms with Crippen molar-refractivity contribution < 1.29 is 0 Å². The van der Waals surface area contributed by atoms with Gasteiger partial charge in [-0.1, -0.05) is 24.3 Å². The second-order valence-corrected chi connectivity index (χ2v) is 10.5. The summed E-state index contributed by atoms with van der Waals surface area (Å²) in [5, 5.41) is 4.31. The van der Waals surface area contributed by atoms with E-state index in [0.717, 1.165) is 16.5 Å². The average Bonchev–Trinajstić information content (AvgIpc) is 3.16. The molecule has 2 aliphatic rings. The van der Waals surface area contributed by atoms with Crippen molar-refractivity contribution in [3.63, 3.8) is 0 Å². The van der Waals surface area contributed by atoms with Gasteiger partial charge in [-0.25, -0.2) is 0 Å². The predicted molar refractivity (Wildman–Crippen MR) is 146 cm³/mol. The summed E-state index contributed by atoms with van der Waals surface area (Å²) < 4.78 is 0. The molecular formula is C29H32N4S. The van der Waals surface area contributed by atoms with E-state index in [4.69, 9.17) is 17.2 Å². The van der Waals surface area contributed by atoms with Gasteiger partial charge in [0.2, 0.25) is 0 Å². The molecule has 2 atom stereocenters. The van der Waals surface area contributed by atoms with Gasteiger partial charge in [-0.05, 0) is 105 Å². The van der Waals surface area contributed by atoms with Crippen LogP contribution in [-0.4, -0.2) is 22.7 Å². The maximum Gasteiger partial charge on any atom is 0.174 e. The summed E-state index contributed by atoms with van der Waals surface area (Å²) in [6.07, 6.45) is 4.21. The van der Waals surface area contributed by atoms with Crippen LogP contribution in [0.1, 0.15) is 60.8 Å². The van der Waals surface area contributed by atoms with E-state index in [2.05, 4.69) is 105 Å². The average molecular weight is 469 g/mol. The number of anilines is 2. The topological polar surface area (TPSA) is 31.4 Å². The van der Waals surface area contributed by atoms with Crippen LogP contribution in [0.25, 0.3) is 5.57 Å². The molecule has 0 spiro atoms. The number of allylic oxidation sites excluding steroid dienone is 1. The second kappa shape index (κ2) is 8.24. The number of likely N-dealkylation sites (N-methyl/N-ethyl adjacent to an activating group) is 1. The standard InChI is InChI=1S/C29H32N4S/c1-18-10-12-22(15-19(18)2)33-27(26(31-28(33)34)24-9-7-8-14-30-24)21-11-13-25-23(16-21)20(3)17-29(4,5)32(25)6/h7-17,26-27H,1-6H3,(H,31,34). The lowest BCUT2D eigenvalue weighted by molar-refractivity contribution is 0.566. The van der Waals surface area contributed by atoms with E-state index in [9.17, 15) is 0 Å². The third-order valence-electron chi connectivity index (χ3n) is 7.45. The van der Waals surface area contributed by atoms with E-state index in [0.29, 0.717) is 0 Å². The quantitative estimate of drug-likeness (QED) is 0.443. The molecular weight excluding hydrogens is 436 g/mol. The van der Waals surface area contributed by atoms with Crippen molar-refractivity contribution in [3.05, 3.63) is 94.8 Å². The molecule has 5 heteroatoms. The third kappa shape index (κ3) is 3.68. The highest BCUT2D eigenvalue weighted by atomic mass is 32.1. The van der Waals surface area contributed by atoms with Gasteiger partial charge < -0.3 is 15.1 Å². The zero-order valence-electron chi connectivity index (χ0n) is 20.8. The summed E-state index contributed by atoms with van der Waals surface area (Å²) in [5.74, 6) is 0. The fraction of sp³-hybridized carbons (Fsp3) is 0.310. The first-order chi connectivity index (χ1) is 16.2. The molecule has 4 nitrogen and oxygen atoms in total. The molecule has 34 heavy (non-hydrogen) atoms. The lowest BCUT2D eigenvalue weighted by Gasteiger charge is -2.41. The Morgan fingerprint density at radius 3 is 2.47 bits per heavy atom. The van der Waals surface area contributed by atoms with Gasteiger partial charge in [-0.15, -0.1) is 0 Å². The molecule has 2 aromatic carbocycles. The van der Waals surface area contributed by atoms with Crippen LogP contribution in [0, 0.1) is 13.8 Å². The van der Waals surface area contributed by atoms with E-state index < -0.39 is 0 Å². The largest absolute Gasteiger partial charge is 0.366 e. The number of hydrogen-bond donors (Lipinski definition) is 1. The minimum atomic E-state index is -0.0459. The van der Waals surface area contributed by atoms with Gasteiger partial charge in [-0.3, -0.25) is 4.98 Å². The minimum absolute atomic E-state index is 0.0113. The molecule has 5 rings (SSSR count). The van der Waals surface area contributed by atoms with Gasteiger partial charge >= 0.3 is 0 Å². The fourth-order valence-corrected chi connectivity index (χ4v) is 5.55. The van der Waals surface area contributed by atoms with Gasteiger partial charge in [0.1, 0.15) is 0 Å². The Morgan fingerprint density at radius 2 is 1.76 bits per heavy atom. The van der Waals surface area contributed by atoms with Crippen LogP contribution in [0.15, 0.2) is 66.9 Å². The van der Waals surface area contributed by atoms with Crippen LogP contribution in [0.5, 0.6) is 0 Å². The molecule has 1 N–H and O–H groups in total. The summed E-state index contributed by atoms with van der Waals surface area (Å²) in [5.41, 5.74) is 9.68. The van der Waals surface area contributed by atoms with Gasteiger partial charge in [0.15, 0.2) is 5.11 Å². The summed E-state index contributed by atoms with van der Waals surface area (Å²) in [4.78, 5) is 9.31. The number of hydrogen-bond acceptors (Lipinski definition) is 3. The molecule has 2 aliphatic heterocycles. The highest BCUT2D eigenvalue weighted by Gasteiger charge is 2.41. The van der Waals surface area contributed by atoms with Crippen molar-refractivity contribution in [3.8, 4) is 0 Å². The monoisotopic (exact) mass is 468 g/mol. The highest BCUT2D eigenvalue weighted by Crippen LogP contribution is 2.45. The number of nitrogens with zero attached hydrogens (tertiary/aromatic N) is 3. The van der Waals surface area contributed by atoms with Gasteiger partial charge in [0, 0.05) is 30.2 Å². The van der Waals surface area contributed by atoms with E-state index >= 15 is 0 Å². The fourth-order valence-electron chi connectivity index (χ4n) is 5.21. The van der Waals surface area contributed by atoms with E-state index in [-0.39, 0.29) is 17.6 Å². The van der Waals surface area contributed by atoms with Crippen molar-refractivity contribution in [1.29, 1.82) is 0 Å². The Morgan fingerprint density at radius 1 is 0.971 bits per heavy atom. The van der Waals surface area contributed by atoms with Crippen LogP contribution in [0.3, 0.4) is 0 Å². The SMILES string of the molecule is CC1=CC(C)(C)N(C)c2ccc(C3C(c4ccccn4)NC(=S)N3c3ccc(C)c(C)c3)cc21. The van der Waals surface area contributed by atoms with Gasteiger partial charge in [0.25, 0.3) is 0 Å². The number of thiocarbonyl (C=S) groups is 1. The van der Waals surface area contributed by atoms with Gasteiger partial charge in [-0.2, -0.15) is 0 Å². The number of nitrogens with one attached hydrogen (secondary N) is 1. The number of fused-ring (bicyclic) bond motifs is 1. The van der Waals surface area contributed by atoms with E-state index in [1.165, 1.54) is 33.5 Å². The molecule has 174 valence electrons. The first kappa shape index (κ1) is 22.6. The van der Waals surface area contributed by atoms with Crippen molar-refractivity contribution in [2.75, 3.05) is 16.8 Å². The molecule has 0 amide bonds. The van der Waals surface area contributed by atoms with Crippen LogP contribution in [0.2, 0.25) is 0 Å². The molecule has 1 aromatic heterocycles. The first-order valence-corrected chi connectivity index (χ1v) is 12.2. The minimum Gasteiger partial charge on any atom is -0.366 e. The molecule has 3 heterocycles. The van der Waals surface area contributed by atoms with Crippen LogP contribution in [0.4, 0.5) is 11.4 Å². The number of rotatable bonds is 3.